The average molecular weight is 565 g/mol. The van der Waals surface area contributed by atoms with Crippen LogP contribution in [0.2, 0.25) is 0 Å². The van der Waals surface area contributed by atoms with E-state index in [0.29, 0.717) is 11.1 Å². The normalized spacial score (nSPS) is 10.6. The predicted molar refractivity (Wildman–Crippen MR) is 138 cm³/mol. The molecule has 0 aromatic heterocycles. The van der Waals surface area contributed by atoms with Crippen molar-refractivity contribution in [2.75, 3.05) is 14.2 Å². The monoisotopic (exact) mass is 564 g/mol. The molecule has 0 bridgehead atoms. The van der Waals surface area contributed by atoms with Crippen LogP contribution in [0, 0.1) is 0 Å². The lowest BCUT2D eigenvalue weighted by molar-refractivity contribution is 0.0167. The highest BCUT2D eigenvalue weighted by atomic mass is 19.3. The number of Topliss-reactive ketones (excluding diaryl/α,β-unsaturated/α-hetero) is 1. The molecule has 11 heteroatoms. The summed E-state index contributed by atoms with van der Waals surface area (Å²) in [5.41, 5.74) is 1.01. The SMILES string of the molecule is CC(F)(F)c1ccc(C(=O)O)cc1.COC(=O)c1ccc(C(C)(F)F)cc1.COC(=O)c1ccc(C(C)=O)cc1. The number of esters is 2. The fourth-order valence-electron chi connectivity index (χ4n) is 2.88. The van der Waals surface area contributed by atoms with Gasteiger partial charge in [0.15, 0.2) is 5.78 Å². The van der Waals surface area contributed by atoms with Crippen LogP contribution < -0.4 is 0 Å². The summed E-state index contributed by atoms with van der Waals surface area (Å²) in [5.74, 6) is -7.86. The summed E-state index contributed by atoms with van der Waals surface area (Å²) in [6.45, 7) is 3.05. The van der Waals surface area contributed by atoms with Gasteiger partial charge in [0.2, 0.25) is 0 Å². The number of methoxy groups -OCH3 is 2. The van der Waals surface area contributed by atoms with Crippen LogP contribution in [0.3, 0.4) is 0 Å². The Kier molecular flexibility index (Phi) is 12.2. The molecule has 3 aromatic rings. The number of aromatic carboxylic acids is 1. The molecule has 0 aliphatic heterocycles. The van der Waals surface area contributed by atoms with E-state index >= 15 is 0 Å². The smallest absolute Gasteiger partial charge is 0.337 e. The van der Waals surface area contributed by atoms with Crippen molar-refractivity contribution in [3.05, 3.63) is 106 Å². The van der Waals surface area contributed by atoms with E-state index in [0.717, 1.165) is 38.1 Å². The van der Waals surface area contributed by atoms with Gasteiger partial charge in [-0.3, -0.25) is 4.79 Å². The number of carbonyl (C=O) groups is 4. The van der Waals surface area contributed by atoms with Gasteiger partial charge in [-0.25, -0.2) is 31.9 Å². The van der Waals surface area contributed by atoms with Gasteiger partial charge in [0.1, 0.15) is 0 Å². The molecule has 1 N–H and O–H groups in total. The molecule has 0 saturated carbocycles. The highest BCUT2D eigenvalue weighted by Crippen LogP contribution is 2.27. The topological polar surface area (TPSA) is 107 Å². The Hall–Kier alpha value is -4.54. The van der Waals surface area contributed by atoms with Crippen molar-refractivity contribution in [3.63, 3.8) is 0 Å². The zero-order chi connectivity index (χ0) is 30.7. The van der Waals surface area contributed by atoms with Crippen LogP contribution >= 0.6 is 0 Å². The van der Waals surface area contributed by atoms with Crippen molar-refractivity contribution < 1.29 is 51.3 Å². The van der Waals surface area contributed by atoms with Crippen LogP contribution in [0.25, 0.3) is 0 Å². The molecule has 40 heavy (non-hydrogen) atoms. The third kappa shape index (κ3) is 10.7. The molecule has 0 fully saturated rings. The largest absolute Gasteiger partial charge is 0.478 e. The third-order valence-corrected chi connectivity index (χ3v) is 5.16. The first-order valence-corrected chi connectivity index (χ1v) is 11.5. The fraction of sp³-hybridized carbons (Fsp3) is 0.241. The molecule has 0 saturated heterocycles. The summed E-state index contributed by atoms with van der Waals surface area (Å²) >= 11 is 0. The lowest BCUT2D eigenvalue weighted by Crippen LogP contribution is -2.08. The van der Waals surface area contributed by atoms with Crippen LogP contribution in [-0.2, 0) is 21.3 Å². The van der Waals surface area contributed by atoms with Gasteiger partial charge in [-0.05, 0) is 43.3 Å². The molecular formula is C29H28F4O7. The van der Waals surface area contributed by atoms with E-state index < -0.39 is 29.8 Å². The summed E-state index contributed by atoms with van der Waals surface area (Å²) in [4.78, 5) is 43.2. The second kappa shape index (κ2) is 14.6. The van der Waals surface area contributed by atoms with Gasteiger partial charge in [-0.15, -0.1) is 0 Å². The van der Waals surface area contributed by atoms with Crippen LogP contribution in [0.15, 0.2) is 72.8 Å². The highest BCUT2D eigenvalue weighted by Gasteiger charge is 2.24. The molecular weight excluding hydrogens is 536 g/mol. The number of carbonyl (C=O) groups excluding carboxylic acids is 3. The lowest BCUT2D eigenvalue weighted by atomic mass is 10.1. The summed E-state index contributed by atoms with van der Waals surface area (Å²) in [7, 11) is 2.56. The quantitative estimate of drug-likeness (QED) is 0.200. The number of carboxylic acids is 1. The second-order valence-corrected chi connectivity index (χ2v) is 8.35. The summed E-state index contributed by atoms with van der Waals surface area (Å²) in [6, 6.07) is 16.0. The molecule has 0 unspecified atom stereocenters. The molecule has 3 aromatic carbocycles. The van der Waals surface area contributed by atoms with Gasteiger partial charge in [0.25, 0.3) is 11.8 Å². The van der Waals surface area contributed by atoms with Gasteiger partial charge in [0, 0.05) is 30.5 Å². The second-order valence-electron chi connectivity index (χ2n) is 8.35. The summed E-state index contributed by atoms with van der Waals surface area (Å²) in [5, 5.41) is 8.49. The minimum atomic E-state index is -2.92. The average Bonchev–Trinajstić information content (AvgIpc) is 2.92. The van der Waals surface area contributed by atoms with Crippen LogP contribution in [-0.4, -0.2) is 43.0 Å². The van der Waals surface area contributed by atoms with Crippen molar-refractivity contribution in [2.24, 2.45) is 0 Å². The predicted octanol–water partition coefficient (Wildman–Crippen LogP) is 6.76. The number of hydrogen-bond donors (Lipinski definition) is 1. The van der Waals surface area contributed by atoms with Gasteiger partial charge < -0.3 is 14.6 Å². The maximum absolute atomic E-state index is 12.8. The molecule has 0 atom stereocenters. The molecule has 0 aliphatic rings. The first-order chi connectivity index (χ1) is 18.5. The first-order valence-electron chi connectivity index (χ1n) is 11.5. The Morgan fingerprint density at radius 2 is 0.850 bits per heavy atom. The Balaban J connectivity index is 0.000000300. The first kappa shape index (κ1) is 33.5. The molecule has 0 amide bonds. The lowest BCUT2D eigenvalue weighted by Gasteiger charge is -2.10. The molecule has 3 rings (SSSR count). The van der Waals surface area contributed by atoms with Crippen molar-refractivity contribution in [1.82, 2.24) is 0 Å². The minimum absolute atomic E-state index is 0.00741. The maximum atomic E-state index is 12.8. The third-order valence-electron chi connectivity index (χ3n) is 5.16. The number of rotatable bonds is 6. The Morgan fingerprint density at radius 1 is 0.575 bits per heavy atom. The Bertz CT molecular complexity index is 1290. The van der Waals surface area contributed by atoms with Crippen LogP contribution in [0.4, 0.5) is 17.6 Å². The van der Waals surface area contributed by atoms with Crippen molar-refractivity contribution >= 4 is 23.7 Å². The molecule has 0 heterocycles. The van der Waals surface area contributed by atoms with Crippen LogP contribution in [0.1, 0.15) is 73.3 Å². The van der Waals surface area contributed by atoms with E-state index in [1.54, 1.807) is 24.3 Å². The highest BCUT2D eigenvalue weighted by molar-refractivity contribution is 5.96. The van der Waals surface area contributed by atoms with E-state index in [4.69, 9.17) is 5.11 Å². The molecule has 214 valence electrons. The number of alkyl halides is 4. The van der Waals surface area contributed by atoms with E-state index in [1.165, 1.54) is 45.4 Å². The van der Waals surface area contributed by atoms with Crippen LogP contribution in [0.5, 0.6) is 0 Å². The number of ether oxygens (including phenoxy) is 2. The van der Waals surface area contributed by atoms with E-state index in [-0.39, 0.29) is 28.0 Å². The molecule has 0 aliphatic carbocycles. The van der Waals surface area contributed by atoms with E-state index in [9.17, 15) is 36.7 Å². The number of ketones is 1. The van der Waals surface area contributed by atoms with Gasteiger partial charge in [0.05, 0.1) is 30.9 Å². The Morgan fingerprint density at radius 3 is 1.10 bits per heavy atom. The number of carboxylic acid groups (broad SMARTS) is 1. The minimum Gasteiger partial charge on any atom is -0.478 e. The van der Waals surface area contributed by atoms with E-state index in [1.807, 2.05) is 0 Å². The standard InChI is InChI=1S/C10H10F2O2.C10H10O3.C9H8F2O2/c1-10(11,12)8-5-3-7(4-6-8)9(13)14-2;1-7(11)8-3-5-9(6-4-8)10(12)13-2;1-9(10,11)7-4-2-6(3-5-7)8(12)13/h3-6H,1-2H3;3-6H,1-2H3;2-5H,1H3,(H,12,13). The number of halogens is 4. The fourth-order valence-corrected chi connectivity index (χ4v) is 2.88. The number of benzene rings is 3. The van der Waals surface area contributed by atoms with E-state index in [2.05, 4.69) is 9.47 Å². The van der Waals surface area contributed by atoms with Crippen molar-refractivity contribution in [3.8, 4) is 0 Å². The van der Waals surface area contributed by atoms with Crippen molar-refractivity contribution in [1.29, 1.82) is 0 Å². The molecule has 0 radical (unpaired) electrons. The zero-order valence-electron chi connectivity index (χ0n) is 22.3. The van der Waals surface area contributed by atoms with Gasteiger partial charge in [-0.2, -0.15) is 0 Å². The summed E-state index contributed by atoms with van der Waals surface area (Å²) in [6.07, 6.45) is 0. The zero-order valence-corrected chi connectivity index (χ0v) is 22.3. The summed E-state index contributed by atoms with van der Waals surface area (Å²) < 4.78 is 59.7. The van der Waals surface area contributed by atoms with Crippen molar-refractivity contribution in [2.45, 2.75) is 32.6 Å². The maximum Gasteiger partial charge on any atom is 0.337 e. The van der Waals surface area contributed by atoms with Gasteiger partial charge in [-0.1, -0.05) is 36.4 Å². The molecule has 7 nitrogen and oxygen atoms in total. The Labute approximate surface area is 228 Å². The molecule has 0 spiro atoms. The number of hydrogen-bond acceptors (Lipinski definition) is 6. The van der Waals surface area contributed by atoms with Gasteiger partial charge >= 0.3 is 17.9 Å².